The highest BCUT2D eigenvalue weighted by Crippen LogP contribution is 2.48. The van der Waals surface area contributed by atoms with Crippen LogP contribution in [0.15, 0.2) is 48.7 Å². The second-order valence-corrected chi connectivity index (χ2v) is 12.9. The van der Waals surface area contributed by atoms with Crippen LogP contribution in [-0.4, -0.2) is 65.0 Å². The van der Waals surface area contributed by atoms with Crippen molar-refractivity contribution in [1.29, 1.82) is 0 Å². The van der Waals surface area contributed by atoms with Gasteiger partial charge >= 0.3 is 6.09 Å². The van der Waals surface area contributed by atoms with Crippen molar-refractivity contribution in [2.24, 2.45) is 0 Å². The summed E-state index contributed by atoms with van der Waals surface area (Å²) in [5.74, 6) is 3.10. The van der Waals surface area contributed by atoms with E-state index in [0.29, 0.717) is 36.7 Å². The fraction of sp³-hybridized carbons (Fsp3) is 0.500. The van der Waals surface area contributed by atoms with E-state index in [0.717, 1.165) is 30.2 Å². The molecule has 0 unspecified atom stereocenters. The quantitative estimate of drug-likeness (QED) is 0.372. The predicted octanol–water partition coefficient (Wildman–Crippen LogP) is 5.65. The molecule has 6 rings (SSSR count). The van der Waals surface area contributed by atoms with Gasteiger partial charge in [-0.05, 0) is 83.3 Å². The van der Waals surface area contributed by atoms with Crippen molar-refractivity contribution in [3.8, 4) is 0 Å². The predicted molar refractivity (Wildman–Crippen MR) is 164 cm³/mol. The summed E-state index contributed by atoms with van der Waals surface area (Å²) in [6.07, 6.45) is 2.70. The minimum Gasteiger partial charge on any atom is -0.447 e. The second-order valence-electron chi connectivity index (χ2n) is 12.9. The number of anilines is 5. The first-order valence-corrected chi connectivity index (χ1v) is 14.8. The molecule has 2 saturated heterocycles. The number of hydrogen-bond donors (Lipinski definition) is 2. The van der Waals surface area contributed by atoms with E-state index in [1.807, 2.05) is 31.3 Å². The van der Waals surface area contributed by atoms with E-state index in [2.05, 4.69) is 74.4 Å². The van der Waals surface area contributed by atoms with Crippen LogP contribution in [0.1, 0.15) is 65.0 Å². The van der Waals surface area contributed by atoms with Gasteiger partial charge in [-0.25, -0.2) is 14.8 Å². The van der Waals surface area contributed by atoms with Gasteiger partial charge in [0.05, 0.1) is 18.2 Å². The Labute approximate surface area is 247 Å². The summed E-state index contributed by atoms with van der Waals surface area (Å²) in [5, 5.41) is 6.84. The Morgan fingerprint density at radius 3 is 2.48 bits per heavy atom. The number of carbonyl (C=O) groups excluding carboxylic acids is 1. The molecular weight excluding hydrogens is 530 g/mol. The molecule has 3 aliphatic heterocycles. The highest BCUT2D eigenvalue weighted by atomic mass is 16.6. The van der Waals surface area contributed by atoms with Gasteiger partial charge in [0, 0.05) is 35.4 Å². The average molecular weight is 572 g/mol. The van der Waals surface area contributed by atoms with Crippen LogP contribution in [0.3, 0.4) is 0 Å². The molecule has 4 atom stereocenters. The standard InChI is InChI=1S/C32H41N7O3/c1-20-18-41-30(40)38(20)26-8-7-9-27(36-26)39-21(2)32(6,19-42-31(3,4)5)25-17-34-29(37-28(25)39)35-24-12-10-22(11-13-24)23-14-15-33-16-23/h7-13,17,20-21,23,33H,14-16,18-19H2,1-6H3,(H,34,35,37)/t20-,21-,23+,32+/m0/s1. The number of pyridine rings is 1. The van der Waals surface area contributed by atoms with Crippen LogP contribution >= 0.6 is 0 Å². The molecular formula is C32H41N7O3. The van der Waals surface area contributed by atoms with Crippen molar-refractivity contribution in [2.45, 2.75) is 77.0 Å². The molecule has 2 aromatic heterocycles. The Hall–Kier alpha value is -3.76. The van der Waals surface area contributed by atoms with Gasteiger partial charge in [-0.3, -0.25) is 4.90 Å². The van der Waals surface area contributed by atoms with Crippen molar-refractivity contribution >= 4 is 35.2 Å². The van der Waals surface area contributed by atoms with Gasteiger partial charge in [-0.15, -0.1) is 0 Å². The number of fused-ring (bicyclic) bond motifs is 1. The van der Waals surface area contributed by atoms with Crippen LogP contribution in [0, 0.1) is 0 Å². The highest BCUT2D eigenvalue weighted by molar-refractivity contribution is 5.89. The number of carbonyl (C=O) groups is 1. The van der Waals surface area contributed by atoms with Gasteiger partial charge in [0.15, 0.2) is 0 Å². The summed E-state index contributed by atoms with van der Waals surface area (Å²) >= 11 is 0. The van der Waals surface area contributed by atoms with Gasteiger partial charge in [-0.1, -0.05) is 25.1 Å². The van der Waals surface area contributed by atoms with E-state index in [1.54, 1.807) is 4.90 Å². The number of nitrogens with zero attached hydrogens (tertiary/aromatic N) is 5. The molecule has 3 aliphatic rings. The summed E-state index contributed by atoms with van der Waals surface area (Å²) in [5.41, 5.74) is 2.56. The third-order valence-electron chi connectivity index (χ3n) is 8.72. The van der Waals surface area contributed by atoms with Crippen LogP contribution in [0.25, 0.3) is 0 Å². The molecule has 0 saturated carbocycles. The zero-order valence-corrected chi connectivity index (χ0v) is 25.3. The molecule has 222 valence electrons. The second kappa shape index (κ2) is 10.8. The first kappa shape index (κ1) is 28.4. The molecule has 0 radical (unpaired) electrons. The number of hydrogen-bond acceptors (Lipinski definition) is 9. The minimum atomic E-state index is -0.407. The lowest BCUT2D eigenvalue weighted by Crippen LogP contribution is -2.44. The number of rotatable bonds is 7. The number of cyclic esters (lactones) is 1. The monoisotopic (exact) mass is 571 g/mol. The fourth-order valence-electron chi connectivity index (χ4n) is 6.01. The molecule has 42 heavy (non-hydrogen) atoms. The SMILES string of the molecule is C[C@@H]1N(c2cccc(N3C(=O)OC[C@@H]3C)n2)c2nc(Nc3ccc([C@@H]4CCNC4)cc3)ncc2[C@]1(C)COC(C)(C)C. The third kappa shape index (κ3) is 5.29. The summed E-state index contributed by atoms with van der Waals surface area (Å²) in [7, 11) is 0. The Morgan fingerprint density at radius 2 is 1.83 bits per heavy atom. The number of nitrogens with one attached hydrogen (secondary N) is 2. The molecule has 0 aliphatic carbocycles. The van der Waals surface area contributed by atoms with Gasteiger partial charge in [0.1, 0.15) is 24.1 Å². The van der Waals surface area contributed by atoms with Crippen molar-refractivity contribution in [2.75, 3.05) is 41.4 Å². The molecule has 0 spiro atoms. The fourth-order valence-corrected chi connectivity index (χ4v) is 6.01. The van der Waals surface area contributed by atoms with Crippen molar-refractivity contribution in [3.05, 3.63) is 59.8 Å². The maximum absolute atomic E-state index is 12.5. The van der Waals surface area contributed by atoms with Gasteiger partial charge in [0.2, 0.25) is 5.95 Å². The molecule has 2 N–H and O–H groups in total. The largest absolute Gasteiger partial charge is 0.447 e. The molecule has 1 aromatic carbocycles. The van der Waals surface area contributed by atoms with Crippen molar-refractivity contribution < 1.29 is 14.3 Å². The molecule has 3 aromatic rings. The topological polar surface area (TPSA) is 105 Å². The molecule has 1 amide bonds. The number of amides is 1. The normalized spacial score (nSPS) is 25.6. The molecule has 0 bridgehead atoms. The van der Waals surface area contributed by atoms with Crippen LogP contribution in [-0.2, 0) is 14.9 Å². The zero-order valence-electron chi connectivity index (χ0n) is 25.3. The first-order valence-electron chi connectivity index (χ1n) is 14.8. The number of ether oxygens (including phenoxy) is 2. The van der Waals surface area contributed by atoms with Crippen LogP contribution < -0.4 is 20.4 Å². The Morgan fingerprint density at radius 1 is 1.10 bits per heavy atom. The van der Waals surface area contributed by atoms with E-state index in [9.17, 15) is 4.79 Å². The maximum atomic E-state index is 12.5. The number of aromatic nitrogens is 3. The van der Waals surface area contributed by atoms with E-state index in [4.69, 9.17) is 24.4 Å². The Kier molecular flexibility index (Phi) is 7.31. The summed E-state index contributed by atoms with van der Waals surface area (Å²) in [6, 6.07) is 14.1. The highest BCUT2D eigenvalue weighted by Gasteiger charge is 2.49. The van der Waals surface area contributed by atoms with Crippen LogP contribution in [0.4, 0.5) is 33.9 Å². The van der Waals surface area contributed by atoms with Gasteiger partial charge in [-0.2, -0.15) is 4.98 Å². The minimum absolute atomic E-state index is 0.0515. The Bertz CT molecular complexity index is 1450. The van der Waals surface area contributed by atoms with E-state index in [-0.39, 0.29) is 23.8 Å². The molecule has 2 fully saturated rings. The first-order chi connectivity index (χ1) is 20.0. The Balaban J connectivity index is 1.35. The summed E-state index contributed by atoms with van der Waals surface area (Å²) in [6.45, 7) is 15.4. The summed E-state index contributed by atoms with van der Waals surface area (Å²) in [4.78, 5) is 31.0. The maximum Gasteiger partial charge on any atom is 0.415 e. The molecule has 5 heterocycles. The van der Waals surface area contributed by atoms with Crippen LogP contribution in [0.5, 0.6) is 0 Å². The van der Waals surface area contributed by atoms with E-state index < -0.39 is 5.41 Å². The van der Waals surface area contributed by atoms with Crippen LogP contribution in [0.2, 0.25) is 0 Å². The van der Waals surface area contributed by atoms with Crippen molar-refractivity contribution in [1.82, 2.24) is 20.3 Å². The van der Waals surface area contributed by atoms with E-state index >= 15 is 0 Å². The van der Waals surface area contributed by atoms with Gasteiger partial charge in [0.25, 0.3) is 0 Å². The lowest BCUT2D eigenvalue weighted by Gasteiger charge is -2.35. The summed E-state index contributed by atoms with van der Waals surface area (Å²) < 4.78 is 11.6. The van der Waals surface area contributed by atoms with Crippen molar-refractivity contribution in [3.63, 3.8) is 0 Å². The average Bonchev–Trinajstić information content (AvgIpc) is 3.66. The molecule has 10 heteroatoms. The lowest BCUT2D eigenvalue weighted by atomic mass is 9.81. The zero-order chi connectivity index (χ0) is 29.6. The molecule has 10 nitrogen and oxygen atoms in total. The third-order valence-corrected chi connectivity index (χ3v) is 8.72. The van der Waals surface area contributed by atoms with Gasteiger partial charge < -0.3 is 25.0 Å². The lowest BCUT2D eigenvalue weighted by molar-refractivity contribution is -0.0300. The smallest absolute Gasteiger partial charge is 0.415 e. The number of benzene rings is 1. The van der Waals surface area contributed by atoms with E-state index in [1.165, 1.54) is 12.0 Å².